The molecule has 0 aliphatic carbocycles. The maximum absolute atomic E-state index is 11.5. The van der Waals surface area contributed by atoms with E-state index in [1.165, 1.54) is 6.42 Å². The van der Waals surface area contributed by atoms with Crippen LogP contribution in [0.1, 0.15) is 25.3 Å². The number of benzene rings is 1. The fourth-order valence-corrected chi connectivity index (χ4v) is 2.16. The van der Waals surface area contributed by atoms with Crippen LogP contribution in [0.5, 0.6) is 0 Å². The van der Waals surface area contributed by atoms with Crippen LogP contribution < -0.4 is 10.6 Å². The Hall–Kier alpha value is -1.55. The number of hydrogen-bond donors (Lipinski definition) is 2. The lowest BCUT2D eigenvalue weighted by Crippen LogP contribution is -2.39. The van der Waals surface area contributed by atoms with Crippen molar-refractivity contribution in [3.05, 3.63) is 35.9 Å². The number of carbonyl (C=O) groups is 1. The van der Waals surface area contributed by atoms with E-state index in [0.717, 1.165) is 12.0 Å². The SMILES string of the molecule is CC1CCC(CNC(=O)OCc2ccccc2)N1. The molecule has 0 bridgehead atoms. The van der Waals surface area contributed by atoms with Crippen molar-refractivity contribution < 1.29 is 9.53 Å². The third-order valence-corrected chi connectivity index (χ3v) is 3.17. The summed E-state index contributed by atoms with van der Waals surface area (Å²) in [5.41, 5.74) is 1.00. The van der Waals surface area contributed by atoms with Crippen molar-refractivity contribution in [3.63, 3.8) is 0 Å². The normalized spacial score (nSPS) is 22.7. The van der Waals surface area contributed by atoms with E-state index in [1.807, 2.05) is 30.3 Å². The zero-order chi connectivity index (χ0) is 12.8. The van der Waals surface area contributed by atoms with E-state index in [2.05, 4.69) is 17.6 Å². The van der Waals surface area contributed by atoms with Gasteiger partial charge in [0.15, 0.2) is 0 Å². The Kier molecular flexibility index (Phi) is 4.59. The van der Waals surface area contributed by atoms with Crippen LogP contribution in [0.2, 0.25) is 0 Å². The molecule has 1 aromatic carbocycles. The molecule has 1 fully saturated rings. The molecule has 1 saturated heterocycles. The first-order chi connectivity index (χ1) is 8.74. The molecule has 2 rings (SSSR count). The van der Waals surface area contributed by atoms with Crippen molar-refractivity contribution >= 4 is 6.09 Å². The first kappa shape index (κ1) is 12.9. The van der Waals surface area contributed by atoms with Crippen molar-refractivity contribution in [3.8, 4) is 0 Å². The van der Waals surface area contributed by atoms with E-state index < -0.39 is 0 Å². The van der Waals surface area contributed by atoms with Crippen LogP contribution in [0.3, 0.4) is 0 Å². The van der Waals surface area contributed by atoms with Gasteiger partial charge in [-0.15, -0.1) is 0 Å². The molecule has 0 radical (unpaired) electrons. The minimum atomic E-state index is -0.347. The van der Waals surface area contributed by atoms with Crippen LogP contribution in [0.4, 0.5) is 4.79 Å². The fraction of sp³-hybridized carbons (Fsp3) is 0.500. The summed E-state index contributed by atoms with van der Waals surface area (Å²) >= 11 is 0. The Morgan fingerprint density at radius 2 is 2.17 bits per heavy atom. The summed E-state index contributed by atoms with van der Waals surface area (Å²) in [6, 6.07) is 10.6. The summed E-state index contributed by atoms with van der Waals surface area (Å²) in [6.45, 7) is 3.12. The molecule has 1 amide bonds. The summed E-state index contributed by atoms with van der Waals surface area (Å²) in [5.74, 6) is 0. The lowest BCUT2D eigenvalue weighted by molar-refractivity contribution is 0.138. The van der Waals surface area contributed by atoms with Gasteiger partial charge in [0, 0.05) is 18.6 Å². The van der Waals surface area contributed by atoms with Gasteiger partial charge in [-0.05, 0) is 25.3 Å². The molecule has 1 aliphatic rings. The molecule has 98 valence electrons. The molecule has 2 atom stereocenters. The van der Waals surface area contributed by atoms with E-state index in [1.54, 1.807) is 0 Å². The quantitative estimate of drug-likeness (QED) is 0.857. The van der Waals surface area contributed by atoms with Crippen LogP contribution in [0.25, 0.3) is 0 Å². The van der Waals surface area contributed by atoms with Crippen molar-refractivity contribution in [1.29, 1.82) is 0 Å². The van der Waals surface area contributed by atoms with Gasteiger partial charge in [-0.1, -0.05) is 30.3 Å². The highest BCUT2D eigenvalue weighted by molar-refractivity contribution is 5.67. The Morgan fingerprint density at radius 1 is 1.39 bits per heavy atom. The van der Waals surface area contributed by atoms with Gasteiger partial charge in [0.1, 0.15) is 6.61 Å². The lowest BCUT2D eigenvalue weighted by atomic mass is 10.2. The molecule has 1 heterocycles. The highest BCUT2D eigenvalue weighted by atomic mass is 16.5. The first-order valence-corrected chi connectivity index (χ1v) is 6.44. The molecular weight excluding hydrogens is 228 g/mol. The minimum absolute atomic E-state index is 0.321. The Bertz CT molecular complexity index is 381. The summed E-state index contributed by atoms with van der Waals surface area (Å²) < 4.78 is 5.14. The minimum Gasteiger partial charge on any atom is -0.445 e. The second-order valence-corrected chi connectivity index (χ2v) is 4.78. The zero-order valence-corrected chi connectivity index (χ0v) is 10.7. The number of alkyl carbamates (subject to hydrolysis) is 1. The highest BCUT2D eigenvalue weighted by Gasteiger charge is 2.20. The standard InChI is InChI=1S/C14H20N2O2/c1-11-7-8-13(16-11)9-15-14(17)18-10-12-5-3-2-4-6-12/h2-6,11,13,16H,7-10H2,1H3,(H,15,17). The Morgan fingerprint density at radius 3 is 2.83 bits per heavy atom. The van der Waals surface area contributed by atoms with Gasteiger partial charge in [0.2, 0.25) is 0 Å². The van der Waals surface area contributed by atoms with Crippen molar-refractivity contribution in [1.82, 2.24) is 10.6 Å². The van der Waals surface area contributed by atoms with E-state index in [0.29, 0.717) is 25.2 Å². The largest absolute Gasteiger partial charge is 0.445 e. The van der Waals surface area contributed by atoms with E-state index in [-0.39, 0.29) is 6.09 Å². The van der Waals surface area contributed by atoms with Crippen molar-refractivity contribution in [2.75, 3.05) is 6.54 Å². The van der Waals surface area contributed by atoms with Crippen LogP contribution in [0.15, 0.2) is 30.3 Å². The van der Waals surface area contributed by atoms with E-state index >= 15 is 0 Å². The molecule has 4 heteroatoms. The highest BCUT2D eigenvalue weighted by Crippen LogP contribution is 2.10. The molecule has 0 aromatic heterocycles. The van der Waals surface area contributed by atoms with Gasteiger partial charge in [-0.2, -0.15) is 0 Å². The number of ether oxygens (including phenoxy) is 1. The molecule has 0 spiro atoms. The predicted molar refractivity (Wildman–Crippen MR) is 70.2 cm³/mol. The monoisotopic (exact) mass is 248 g/mol. The van der Waals surface area contributed by atoms with Crippen LogP contribution in [0, 0.1) is 0 Å². The molecule has 0 saturated carbocycles. The van der Waals surface area contributed by atoms with Crippen molar-refractivity contribution in [2.24, 2.45) is 0 Å². The van der Waals surface area contributed by atoms with E-state index in [4.69, 9.17) is 4.74 Å². The second kappa shape index (κ2) is 6.40. The maximum atomic E-state index is 11.5. The van der Waals surface area contributed by atoms with E-state index in [9.17, 15) is 4.79 Å². The third kappa shape index (κ3) is 4.04. The average molecular weight is 248 g/mol. The molecular formula is C14H20N2O2. The Labute approximate surface area is 108 Å². The molecule has 18 heavy (non-hydrogen) atoms. The summed E-state index contributed by atoms with van der Waals surface area (Å²) in [4.78, 5) is 11.5. The summed E-state index contributed by atoms with van der Waals surface area (Å²) in [7, 11) is 0. The number of hydrogen-bond acceptors (Lipinski definition) is 3. The Balaban J connectivity index is 1.63. The number of carbonyl (C=O) groups excluding carboxylic acids is 1. The first-order valence-electron chi connectivity index (χ1n) is 6.44. The van der Waals surface area contributed by atoms with Gasteiger partial charge in [-0.3, -0.25) is 0 Å². The predicted octanol–water partition coefficient (Wildman–Crippen LogP) is 2.05. The molecule has 4 nitrogen and oxygen atoms in total. The van der Waals surface area contributed by atoms with Crippen molar-refractivity contribution in [2.45, 2.75) is 38.5 Å². The topological polar surface area (TPSA) is 50.4 Å². The smallest absolute Gasteiger partial charge is 0.407 e. The molecule has 1 aromatic rings. The van der Waals surface area contributed by atoms with Gasteiger partial charge in [0.05, 0.1) is 0 Å². The summed E-state index contributed by atoms with van der Waals surface area (Å²) in [6.07, 6.45) is 1.94. The average Bonchev–Trinajstić information content (AvgIpc) is 2.81. The van der Waals surface area contributed by atoms with Crippen LogP contribution >= 0.6 is 0 Å². The third-order valence-electron chi connectivity index (χ3n) is 3.17. The number of nitrogens with one attached hydrogen (secondary N) is 2. The van der Waals surface area contributed by atoms with Gasteiger partial charge in [0.25, 0.3) is 0 Å². The molecule has 2 unspecified atom stereocenters. The molecule has 2 N–H and O–H groups in total. The summed E-state index contributed by atoms with van der Waals surface area (Å²) in [5, 5.41) is 6.20. The number of amides is 1. The fourth-order valence-electron chi connectivity index (χ4n) is 2.16. The lowest BCUT2D eigenvalue weighted by Gasteiger charge is -2.13. The van der Waals surface area contributed by atoms with Crippen LogP contribution in [-0.4, -0.2) is 24.7 Å². The van der Waals surface area contributed by atoms with Crippen LogP contribution in [-0.2, 0) is 11.3 Å². The second-order valence-electron chi connectivity index (χ2n) is 4.78. The number of rotatable bonds is 4. The van der Waals surface area contributed by atoms with Gasteiger partial charge < -0.3 is 15.4 Å². The van der Waals surface area contributed by atoms with Gasteiger partial charge >= 0.3 is 6.09 Å². The van der Waals surface area contributed by atoms with Gasteiger partial charge in [-0.25, -0.2) is 4.79 Å². The molecule has 1 aliphatic heterocycles. The maximum Gasteiger partial charge on any atom is 0.407 e. The zero-order valence-electron chi connectivity index (χ0n) is 10.7.